The van der Waals surface area contributed by atoms with Crippen LogP contribution in [0.1, 0.15) is 39.0 Å². The van der Waals surface area contributed by atoms with Gasteiger partial charge in [-0.05, 0) is 49.2 Å². The molecule has 1 heterocycles. The van der Waals surface area contributed by atoms with E-state index in [-0.39, 0.29) is 5.91 Å². The highest BCUT2D eigenvalue weighted by Gasteiger charge is 2.22. The third-order valence-corrected chi connectivity index (χ3v) is 5.07. The number of anilines is 1. The average molecular weight is 368 g/mol. The molecule has 1 aromatic heterocycles. The highest BCUT2D eigenvalue weighted by molar-refractivity contribution is 5.72. The number of hydrogen-bond acceptors (Lipinski definition) is 5. The van der Waals surface area contributed by atoms with Gasteiger partial charge in [-0.25, -0.2) is 0 Å². The number of hydrogen-bond donors (Lipinski definition) is 1. The van der Waals surface area contributed by atoms with Crippen LogP contribution >= 0.6 is 0 Å². The Morgan fingerprint density at radius 3 is 2.44 bits per heavy atom. The van der Waals surface area contributed by atoms with Gasteiger partial charge in [0.25, 0.3) is 0 Å². The number of ether oxygens (including phenoxy) is 1. The molecular weight excluding hydrogens is 340 g/mol. The van der Waals surface area contributed by atoms with Crippen LogP contribution in [0.4, 0.5) is 5.82 Å². The molecule has 2 aromatic rings. The summed E-state index contributed by atoms with van der Waals surface area (Å²) < 4.78 is 5.20. The summed E-state index contributed by atoms with van der Waals surface area (Å²) in [6.07, 6.45) is 6.14. The number of nitrogens with zero attached hydrogens (tertiary/aromatic N) is 3. The molecule has 0 radical (unpaired) electrons. The summed E-state index contributed by atoms with van der Waals surface area (Å²) in [5.41, 5.74) is 1.85. The van der Waals surface area contributed by atoms with Crippen molar-refractivity contribution in [3.05, 3.63) is 36.4 Å². The molecular formula is C21H28N4O2. The molecule has 144 valence electrons. The zero-order valence-corrected chi connectivity index (χ0v) is 16.1. The van der Waals surface area contributed by atoms with Gasteiger partial charge in [-0.3, -0.25) is 4.79 Å². The molecule has 0 aliphatic heterocycles. The van der Waals surface area contributed by atoms with Gasteiger partial charge in [0.1, 0.15) is 5.75 Å². The lowest BCUT2D eigenvalue weighted by molar-refractivity contribution is -0.118. The largest absolute Gasteiger partial charge is 0.497 e. The van der Waals surface area contributed by atoms with Crippen molar-refractivity contribution >= 4 is 11.7 Å². The zero-order valence-electron chi connectivity index (χ0n) is 16.1. The van der Waals surface area contributed by atoms with Crippen molar-refractivity contribution < 1.29 is 9.53 Å². The molecule has 27 heavy (non-hydrogen) atoms. The summed E-state index contributed by atoms with van der Waals surface area (Å²) in [6.45, 7) is 2.92. The predicted molar refractivity (Wildman–Crippen MR) is 107 cm³/mol. The minimum atomic E-state index is -0.000433. The van der Waals surface area contributed by atoms with Crippen LogP contribution < -0.4 is 15.0 Å². The standard InChI is InChI=1S/C21H28N4O2/c1-16(26)22-14-15-25(18-6-4-3-5-7-18)21-13-12-20(23-24-21)17-8-10-19(27-2)11-9-17/h8-13,18H,3-7,14-15H2,1-2H3,(H,22,26). The van der Waals surface area contributed by atoms with Gasteiger partial charge in [0.15, 0.2) is 5.82 Å². The summed E-state index contributed by atoms with van der Waals surface area (Å²) in [6, 6.07) is 12.3. The molecule has 0 bridgehead atoms. The lowest BCUT2D eigenvalue weighted by atomic mass is 9.94. The van der Waals surface area contributed by atoms with E-state index < -0.39 is 0 Å². The summed E-state index contributed by atoms with van der Waals surface area (Å²) in [5.74, 6) is 1.70. The molecule has 1 fully saturated rings. The maximum Gasteiger partial charge on any atom is 0.216 e. The first-order valence-electron chi connectivity index (χ1n) is 9.66. The third kappa shape index (κ3) is 5.18. The first-order valence-corrected chi connectivity index (χ1v) is 9.66. The van der Waals surface area contributed by atoms with Crippen LogP contribution in [0.2, 0.25) is 0 Å². The van der Waals surface area contributed by atoms with Gasteiger partial charge in [0.05, 0.1) is 12.8 Å². The molecule has 1 aromatic carbocycles. The Kier molecular flexibility index (Phi) is 6.63. The molecule has 0 unspecified atom stereocenters. The van der Waals surface area contributed by atoms with Crippen molar-refractivity contribution in [1.82, 2.24) is 15.5 Å². The molecule has 0 spiro atoms. The van der Waals surface area contributed by atoms with Crippen molar-refractivity contribution in [3.8, 4) is 17.0 Å². The van der Waals surface area contributed by atoms with Gasteiger partial charge in [-0.15, -0.1) is 10.2 Å². The smallest absolute Gasteiger partial charge is 0.216 e. The van der Waals surface area contributed by atoms with Crippen molar-refractivity contribution in [3.63, 3.8) is 0 Å². The second-order valence-corrected chi connectivity index (χ2v) is 6.97. The van der Waals surface area contributed by atoms with E-state index in [1.807, 2.05) is 36.4 Å². The van der Waals surface area contributed by atoms with E-state index in [0.717, 1.165) is 29.4 Å². The zero-order chi connectivity index (χ0) is 19.1. The molecule has 1 amide bonds. The van der Waals surface area contributed by atoms with Crippen LogP contribution in [0.5, 0.6) is 5.75 Å². The molecule has 0 atom stereocenters. The van der Waals surface area contributed by atoms with Crippen LogP contribution in [0.15, 0.2) is 36.4 Å². The molecule has 3 rings (SSSR count). The Hall–Kier alpha value is -2.63. The number of carbonyl (C=O) groups is 1. The fourth-order valence-electron chi connectivity index (χ4n) is 3.62. The maximum absolute atomic E-state index is 11.2. The predicted octanol–water partition coefficient (Wildman–Crippen LogP) is 3.43. The molecule has 6 heteroatoms. The number of carbonyl (C=O) groups excluding carboxylic acids is 1. The Bertz CT molecular complexity index is 725. The maximum atomic E-state index is 11.2. The Balaban J connectivity index is 1.75. The topological polar surface area (TPSA) is 67.3 Å². The quantitative estimate of drug-likeness (QED) is 0.811. The first-order chi connectivity index (χ1) is 13.2. The number of benzene rings is 1. The van der Waals surface area contributed by atoms with Crippen molar-refractivity contribution in [2.45, 2.75) is 45.1 Å². The van der Waals surface area contributed by atoms with Crippen LogP contribution in [-0.2, 0) is 4.79 Å². The summed E-state index contributed by atoms with van der Waals surface area (Å²) >= 11 is 0. The Morgan fingerprint density at radius 2 is 1.85 bits per heavy atom. The Morgan fingerprint density at radius 1 is 1.11 bits per heavy atom. The van der Waals surface area contributed by atoms with Gasteiger partial charge >= 0.3 is 0 Å². The van der Waals surface area contributed by atoms with Crippen LogP contribution in [0.25, 0.3) is 11.3 Å². The minimum absolute atomic E-state index is 0.000433. The van der Waals surface area contributed by atoms with Gasteiger partial charge in [-0.1, -0.05) is 19.3 Å². The monoisotopic (exact) mass is 368 g/mol. The number of amides is 1. The number of aromatic nitrogens is 2. The second kappa shape index (κ2) is 9.35. The van der Waals surface area contributed by atoms with E-state index in [1.165, 1.54) is 32.1 Å². The molecule has 1 N–H and O–H groups in total. The van der Waals surface area contributed by atoms with Gasteiger partial charge in [0, 0.05) is 31.6 Å². The molecule has 1 aliphatic carbocycles. The van der Waals surface area contributed by atoms with E-state index in [4.69, 9.17) is 4.74 Å². The molecule has 0 saturated heterocycles. The second-order valence-electron chi connectivity index (χ2n) is 6.97. The molecule has 1 aliphatic rings. The Labute approximate surface area is 160 Å². The molecule has 1 saturated carbocycles. The summed E-state index contributed by atoms with van der Waals surface area (Å²) in [4.78, 5) is 13.5. The SMILES string of the molecule is COc1ccc(-c2ccc(N(CCNC(C)=O)C3CCCCC3)nn2)cc1. The normalized spacial score (nSPS) is 14.6. The van der Waals surface area contributed by atoms with Crippen LogP contribution in [0.3, 0.4) is 0 Å². The summed E-state index contributed by atoms with van der Waals surface area (Å²) in [5, 5.41) is 11.8. The van der Waals surface area contributed by atoms with Crippen molar-refractivity contribution in [2.75, 3.05) is 25.1 Å². The molecule has 6 nitrogen and oxygen atoms in total. The minimum Gasteiger partial charge on any atom is -0.497 e. The van der Waals surface area contributed by atoms with E-state index >= 15 is 0 Å². The lowest BCUT2D eigenvalue weighted by Gasteiger charge is -2.35. The lowest BCUT2D eigenvalue weighted by Crippen LogP contribution is -2.42. The van der Waals surface area contributed by atoms with Crippen LogP contribution in [0, 0.1) is 0 Å². The van der Waals surface area contributed by atoms with Gasteiger partial charge in [0.2, 0.25) is 5.91 Å². The highest BCUT2D eigenvalue weighted by Crippen LogP contribution is 2.27. The van der Waals surface area contributed by atoms with E-state index in [9.17, 15) is 4.79 Å². The van der Waals surface area contributed by atoms with E-state index in [0.29, 0.717) is 12.6 Å². The fourth-order valence-corrected chi connectivity index (χ4v) is 3.62. The number of methoxy groups -OCH3 is 1. The third-order valence-electron chi connectivity index (χ3n) is 5.07. The van der Waals surface area contributed by atoms with E-state index in [2.05, 4.69) is 20.4 Å². The average Bonchev–Trinajstić information content (AvgIpc) is 2.72. The fraction of sp³-hybridized carbons (Fsp3) is 0.476. The van der Waals surface area contributed by atoms with Gasteiger partial charge < -0.3 is 15.0 Å². The number of nitrogens with one attached hydrogen (secondary N) is 1. The van der Waals surface area contributed by atoms with Gasteiger partial charge in [-0.2, -0.15) is 0 Å². The summed E-state index contributed by atoms with van der Waals surface area (Å²) in [7, 11) is 1.66. The highest BCUT2D eigenvalue weighted by atomic mass is 16.5. The number of rotatable bonds is 7. The van der Waals surface area contributed by atoms with Crippen LogP contribution in [-0.4, -0.2) is 42.3 Å². The first kappa shape index (κ1) is 19.1. The van der Waals surface area contributed by atoms with Crippen molar-refractivity contribution in [2.24, 2.45) is 0 Å². The van der Waals surface area contributed by atoms with Crippen molar-refractivity contribution in [1.29, 1.82) is 0 Å². The van der Waals surface area contributed by atoms with E-state index in [1.54, 1.807) is 14.0 Å².